The molecule has 0 aromatic heterocycles. The Morgan fingerprint density at radius 1 is 1.04 bits per heavy atom. The van der Waals surface area contributed by atoms with Gasteiger partial charge in [0.15, 0.2) is 0 Å². The minimum Gasteiger partial charge on any atom is -0.0837 e. The van der Waals surface area contributed by atoms with Gasteiger partial charge in [0.05, 0.1) is 0 Å². The van der Waals surface area contributed by atoms with Crippen molar-refractivity contribution in [3.05, 3.63) is 69.8 Å². The van der Waals surface area contributed by atoms with Crippen LogP contribution >= 0.6 is 11.6 Å². The number of hydrogen-bond acceptors (Lipinski definition) is 0. The minimum absolute atomic E-state index is 0.0963. The SMILES string of the molecule is CCC1=C2CC(CC1)CCC21c2ccccc2-c2c(Cl)cccc21. The number of allylic oxidation sites excluding steroid dienone is 2. The highest BCUT2D eigenvalue weighted by Gasteiger charge is 2.50. The maximum absolute atomic E-state index is 6.69. The third-order valence-corrected chi connectivity index (χ3v) is 7.09. The molecule has 122 valence electrons. The third-order valence-electron chi connectivity index (χ3n) is 6.77. The van der Waals surface area contributed by atoms with Gasteiger partial charge in [-0.25, -0.2) is 0 Å². The van der Waals surface area contributed by atoms with Gasteiger partial charge in [0.2, 0.25) is 0 Å². The summed E-state index contributed by atoms with van der Waals surface area (Å²) in [5, 5.41) is 0.911. The fourth-order valence-electron chi connectivity index (χ4n) is 5.71. The molecule has 0 radical (unpaired) electrons. The van der Waals surface area contributed by atoms with Crippen LogP contribution < -0.4 is 0 Å². The molecule has 0 N–H and O–H groups in total. The van der Waals surface area contributed by atoms with E-state index in [1.165, 1.54) is 60.8 Å². The van der Waals surface area contributed by atoms with E-state index in [2.05, 4.69) is 49.4 Å². The van der Waals surface area contributed by atoms with Gasteiger partial charge in [0.1, 0.15) is 0 Å². The monoisotopic (exact) mass is 334 g/mol. The first-order valence-electron chi connectivity index (χ1n) is 9.36. The lowest BCUT2D eigenvalue weighted by molar-refractivity contribution is 0.303. The summed E-state index contributed by atoms with van der Waals surface area (Å²) in [7, 11) is 0. The second-order valence-corrected chi connectivity index (χ2v) is 8.10. The van der Waals surface area contributed by atoms with Crippen LogP contribution in [0.2, 0.25) is 5.02 Å². The summed E-state index contributed by atoms with van der Waals surface area (Å²) in [6.07, 6.45) is 7.79. The van der Waals surface area contributed by atoms with Crippen molar-refractivity contribution in [1.29, 1.82) is 0 Å². The van der Waals surface area contributed by atoms with E-state index in [1.54, 1.807) is 11.1 Å². The molecule has 3 aliphatic carbocycles. The van der Waals surface area contributed by atoms with Gasteiger partial charge in [0.25, 0.3) is 0 Å². The van der Waals surface area contributed by atoms with Crippen LogP contribution in [-0.4, -0.2) is 0 Å². The van der Waals surface area contributed by atoms with Gasteiger partial charge in [-0.15, -0.1) is 0 Å². The lowest BCUT2D eigenvalue weighted by Crippen LogP contribution is -2.36. The molecule has 0 aliphatic heterocycles. The van der Waals surface area contributed by atoms with Crippen molar-refractivity contribution >= 4 is 11.6 Å². The van der Waals surface area contributed by atoms with Crippen LogP contribution in [0.15, 0.2) is 53.6 Å². The molecular weight excluding hydrogens is 312 g/mol. The Kier molecular flexibility index (Phi) is 3.22. The summed E-state index contributed by atoms with van der Waals surface area (Å²) < 4.78 is 0. The Bertz CT molecular complexity index is 860. The largest absolute Gasteiger partial charge is 0.0837 e. The molecule has 1 fully saturated rings. The zero-order valence-corrected chi connectivity index (χ0v) is 15.0. The number of benzene rings is 2. The summed E-state index contributed by atoms with van der Waals surface area (Å²) in [5.74, 6) is 0.899. The van der Waals surface area contributed by atoms with Crippen molar-refractivity contribution in [1.82, 2.24) is 0 Å². The van der Waals surface area contributed by atoms with Crippen molar-refractivity contribution in [3.8, 4) is 11.1 Å². The van der Waals surface area contributed by atoms with Gasteiger partial charge < -0.3 is 0 Å². The van der Waals surface area contributed by atoms with Crippen molar-refractivity contribution < 1.29 is 0 Å². The average Bonchev–Trinajstić information content (AvgIpc) is 2.91. The average molecular weight is 335 g/mol. The predicted octanol–water partition coefficient (Wildman–Crippen LogP) is 6.91. The summed E-state index contributed by atoms with van der Waals surface area (Å²) >= 11 is 6.69. The topological polar surface area (TPSA) is 0 Å². The summed E-state index contributed by atoms with van der Waals surface area (Å²) in [6, 6.07) is 15.6. The van der Waals surface area contributed by atoms with E-state index in [9.17, 15) is 0 Å². The Balaban J connectivity index is 1.88. The summed E-state index contributed by atoms with van der Waals surface area (Å²) in [4.78, 5) is 0. The molecule has 0 saturated heterocycles. The number of halogens is 1. The highest BCUT2D eigenvalue weighted by molar-refractivity contribution is 6.34. The fourth-order valence-corrected chi connectivity index (χ4v) is 5.99. The van der Waals surface area contributed by atoms with Gasteiger partial charge in [-0.1, -0.05) is 66.1 Å². The molecule has 1 heteroatoms. The van der Waals surface area contributed by atoms with E-state index in [-0.39, 0.29) is 5.41 Å². The van der Waals surface area contributed by atoms with Crippen LogP contribution in [0.4, 0.5) is 0 Å². The number of rotatable bonds is 1. The van der Waals surface area contributed by atoms with Gasteiger partial charge in [0, 0.05) is 16.0 Å². The van der Waals surface area contributed by atoms with Gasteiger partial charge in [-0.3, -0.25) is 0 Å². The molecule has 2 unspecified atom stereocenters. The van der Waals surface area contributed by atoms with Crippen LogP contribution in [0.1, 0.15) is 56.6 Å². The van der Waals surface area contributed by atoms with Crippen molar-refractivity contribution in [2.24, 2.45) is 5.92 Å². The van der Waals surface area contributed by atoms with Crippen molar-refractivity contribution in [3.63, 3.8) is 0 Å². The Morgan fingerprint density at radius 2 is 1.88 bits per heavy atom. The molecule has 1 saturated carbocycles. The molecule has 0 amide bonds. The quantitative estimate of drug-likeness (QED) is 0.497. The Morgan fingerprint density at radius 3 is 2.75 bits per heavy atom. The van der Waals surface area contributed by atoms with E-state index in [0.717, 1.165) is 10.9 Å². The first kappa shape index (κ1) is 14.8. The Labute approximate surface area is 149 Å². The maximum Gasteiger partial charge on any atom is 0.0487 e. The van der Waals surface area contributed by atoms with Crippen LogP contribution in [-0.2, 0) is 5.41 Å². The zero-order chi connectivity index (χ0) is 16.3. The molecule has 0 nitrogen and oxygen atoms in total. The molecule has 2 bridgehead atoms. The maximum atomic E-state index is 6.69. The normalized spacial score (nSPS) is 27.3. The van der Waals surface area contributed by atoms with E-state index >= 15 is 0 Å². The second-order valence-electron chi connectivity index (χ2n) is 7.70. The van der Waals surface area contributed by atoms with E-state index in [0.29, 0.717) is 0 Å². The first-order chi connectivity index (χ1) is 11.8. The molecular formula is C23H23Cl. The molecule has 3 aliphatic rings. The molecule has 2 aromatic rings. The fraction of sp³-hybridized carbons (Fsp3) is 0.391. The van der Waals surface area contributed by atoms with Gasteiger partial charge in [-0.2, -0.15) is 0 Å². The number of hydrogen-bond donors (Lipinski definition) is 0. The van der Waals surface area contributed by atoms with Crippen molar-refractivity contribution in [2.45, 2.75) is 50.9 Å². The second kappa shape index (κ2) is 5.23. The van der Waals surface area contributed by atoms with E-state index < -0.39 is 0 Å². The molecule has 1 spiro atoms. The highest BCUT2D eigenvalue weighted by Crippen LogP contribution is 2.62. The third kappa shape index (κ3) is 1.76. The summed E-state index contributed by atoms with van der Waals surface area (Å²) in [6.45, 7) is 2.34. The van der Waals surface area contributed by atoms with Crippen LogP contribution in [0.3, 0.4) is 0 Å². The Hall–Kier alpha value is -1.53. The van der Waals surface area contributed by atoms with Crippen LogP contribution in [0.25, 0.3) is 11.1 Å². The smallest absolute Gasteiger partial charge is 0.0487 e. The predicted molar refractivity (Wildman–Crippen MR) is 102 cm³/mol. The van der Waals surface area contributed by atoms with Gasteiger partial charge >= 0.3 is 0 Å². The zero-order valence-electron chi connectivity index (χ0n) is 14.2. The molecule has 24 heavy (non-hydrogen) atoms. The molecule has 5 rings (SSSR count). The standard InChI is InChI=1S/C23H23Cl/c1-2-16-11-10-15-12-13-23(20(16)14-15)18-7-4-3-6-17(18)22-19(23)8-5-9-21(22)24/h3-9,15H,2,10-14H2,1H3. The first-order valence-corrected chi connectivity index (χ1v) is 9.73. The lowest BCUT2D eigenvalue weighted by Gasteiger charge is -2.46. The van der Waals surface area contributed by atoms with Gasteiger partial charge in [-0.05, 0) is 67.2 Å². The minimum atomic E-state index is 0.0963. The van der Waals surface area contributed by atoms with Crippen molar-refractivity contribution in [2.75, 3.05) is 0 Å². The van der Waals surface area contributed by atoms with Crippen LogP contribution in [0, 0.1) is 5.92 Å². The van der Waals surface area contributed by atoms with E-state index in [1.807, 2.05) is 0 Å². The summed E-state index contributed by atoms with van der Waals surface area (Å²) in [5.41, 5.74) is 9.19. The molecule has 2 atom stereocenters. The highest BCUT2D eigenvalue weighted by atomic mass is 35.5. The molecule has 0 heterocycles. The molecule has 2 aromatic carbocycles. The number of fused-ring (bicyclic) bond motifs is 8. The van der Waals surface area contributed by atoms with Crippen LogP contribution in [0.5, 0.6) is 0 Å². The van der Waals surface area contributed by atoms with E-state index in [4.69, 9.17) is 11.6 Å². The lowest BCUT2D eigenvalue weighted by atomic mass is 9.58.